The van der Waals surface area contributed by atoms with Crippen molar-refractivity contribution in [3.05, 3.63) is 83.8 Å². The maximum absolute atomic E-state index is 14.2. The quantitative estimate of drug-likeness (QED) is 0.410. The molecular formula is C23H18F2N6O. The molecule has 0 amide bonds. The Morgan fingerprint density at radius 1 is 0.906 bits per heavy atom. The molecule has 0 spiro atoms. The van der Waals surface area contributed by atoms with Crippen LogP contribution in [0, 0.1) is 11.6 Å². The normalized spacial score (nSPS) is 10.8. The summed E-state index contributed by atoms with van der Waals surface area (Å²) in [6.45, 7) is 0. The van der Waals surface area contributed by atoms with E-state index in [9.17, 15) is 13.6 Å². The first-order valence-electron chi connectivity index (χ1n) is 9.54. The van der Waals surface area contributed by atoms with E-state index >= 15 is 0 Å². The lowest BCUT2D eigenvalue weighted by Gasteiger charge is -2.12. The van der Waals surface area contributed by atoms with Crippen molar-refractivity contribution in [1.82, 2.24) is 15.0 Å². The minimum Gasteiger partial charge on any atom is -0.397 e. The fraction of sp³-hybridized carbons (Fsp3) is 0.0435. The molecule has 0 aliphatic rings. The molecule has 160 valence electrons. The zero-order valence-electron chi connectivity index (χ0n) is 16.7. The summed E-state index contributed by atoms with van der Waals surface area (Å²) in [6, 6.07) is 11.2. The van der Waals surface area contributed by atoms with Gasteiger partial charge in [0, 0.05) is 18.8 Å². The molecule has 9 heteroatoms. The van der Waals surface area contributed by atoms with E-state index in [0.717, 1.165) is 12.1 Å². The highest BCUT2D eigenvalue weighted by Gasteiger charge is 2.19. The molecule has 0 aliphatic carbocycles. The highest BCUT2D eigenvalue weighted by molar-refractivity contribution is 6.01. The molecule has 1 aromatic carbocycles. The summed E-state index contributed by atoms with van der Waals surface area (Å²) in [6.07, 6.45) is 3.01. The van der Waals surface area contributed by atoms with E-state index in [-0.39, 0.29) is 40.7 Å². The number of halogens is 2. The van der Waals surface area contributed by atoms with Crippen molar-refractivity contribution in [3.63, 3.8) is 0 Å². The molecule has 0 aliphatic heterocycles. The second-order valence-corrected chi connectivity index (χ2v) is 7.07. The van der Waals surface area contributed by atoms with Crippen LogP contribution in [0.3, 0.4) is 0 Å². The molecular weight excluding hydrogens is 414 g/mol. The van der Waals surface area contributed by atoms with Crippen molar-refractivity contribution in [3.8, 4) is 22.4 Å². The molecule has 0 saturated heterocycles. The van der Waals surface area contributed by atoms with Crippen LogP contribution in [0.4, 0.5) is 26.1 Å². The maximum Gasteiger partial charge on any atom is 0.187 e. The third-order valence-corrected chi connectivity index (χ3v) is 4.84. The van der Waals surface area contributed by atoms with Gasteiger partial charge in [-0.1, -0.05) is 6.07 Å². The van der Waals surface area contributed by atoms with Gasteiger partial charge in [-0.25, -0.2) is 18.7 Å². The second-order valence-electron chi connectivity index (χ2n) is 7.07. The highest BCUT2D eigenvalue weighted by Crippen LogP contribution is 2.29. The molecule has 3 aromatic heterocycles. The van der Waals surface area contributed by atoms with Gasteiger partial charge in [-0.15, -0.1) is 0 Å². The third kappa shape index (κ3) is 4.08. The molecule has 0 saturated carbocycles. The van der Waals surface area contributed by atoms with Gasteiger partial charge < -0.3 is 17.2 Å². The van der Waals surface area contributed by atoms with Gasteiger partial charge in [0.1, 0.15) is 29.0 Å². The Morgan fingerprint density at radius 3 is 2.28 bits per heavy atom. The monoisotopic (exact) mass is 432 g/mol. The van der Waals surface area contributed by atoms with Crippen molar-refractivity contribution in [1.29, 1.82) is 0 Å². The predicted molar refractivity (Wildman–Crippen MR) is 118 cm³/mol. The molecule has 0 fully saturated rings. The van der Waals surface area contributed by atoms with E-state index in [4.69, 9.17) is 17.2 Å². The number of hydrogen-bond acceptors (Lipinski definition) is 7. The smallest absolute Gasteiger partial charge is 0.187 e. The summed E-state index contributed by atoms with van der Waals surface area (Å²) < 4.78 is 28.4. The lowest BCUT2D eigenvalue weighted by Crippen LogP contribution is -2.11. The van der Waals surface area contributed by atoms with Crippen LogP contribution in [0.25, 0.3) is 22.4 Å². The zero-order valence-corrected chi connectivity index (χ0v) is 16.7. The summed E-state index contributed by atoms with van der Waals surface area (Å²) in [4.78, 5) is 25.3. The molecule has 0 unspecified atom stereocenters. The average Bonchev–Trinajstić information content (AvgIpc) is 2.74. The highest BCUT2D eigenvalue weighted by atomic mass is 19.1. The number of pyridine rings is 3. The number of Topliss-reactive ketones (excluding diaryl/α,β-unsaturated/α-hetero) is 1. The molecule has 32 heavy (non-hydrogen) atoms. The van der Waals surface area contributed by atoms with Crippen LogP contribution in [0.1, 0.15) is 16.1 Å². The van der Waals surface area contributed by atoms with Crippen LogP contribution >= 0.6 is 0 Å². The molecule has 0 atom stereocenters. The van der Waals surface area contributed by atoms with Gasteiger partial charge in [-0.2, -0.15) is 0 Å². The first kappa shape index (κ1) is 20.9. The lowest BCUT2D eigenvalue weighted by atomic mass is 9.97. The van der Waals surface area contributed by atoms with E-state index in [1.54, 1.807) is 24.4 Å². The molecule has 7 nitrogen and oxygen atoms in total. The molecule has 0 bridgehead atoms. The number of ketones is 1. The van der Waals surface area contributed by atoms with Crippen molar-refractivity contribution < 1.29 is 13.6 Å². The van der Waals surface area contributed by atoms with Gasteiger partial charge in [-0.05, 0) is 59.2 Å². The van der Waals surface area contributed by atoms with Crippen molar-refractivity contribution in [2.24, 2.45) is 0 Å². The molecule has 4 rings (SSSR count). The first-order valence-corrected chi connectivity index (χ1v) is 9.54. The van der Waals surface area contributed by atoms with Gasteiger partial charge in [0.15, 0.2) is 5.78 Å². The largest absolute Gasteiger partial charge is 0.397 e. The number of nitrogens with zero attached hydrogens (tertiary/aromatic N) is 3. The van der Waals surface area contributed by atoms with E-state index in [1.807, 2.05) is 0 Å². The minimum atomic E-state index is -0.789. The van der Waals surface area contributed by atoms with Crippen LogP contribution in [0.2, 0.25) is 0 Å². The number of hydrogen-bond donors (Lipinski definition) is 3. The van der Waals surface area contributed by atoms with Gasteiger partial charge in [0.2, 0.25) is 0 Å². The number of carbonyl (C=O) groups is 1. The number of nitrogens with two attached hydrogens (primary N) is 3. The van der Waals surface area contributed by atoms with Gasteiger partial charge >= 0.3 is 0 Å². The first-order chi connectivity index (χ1) is 15.3. The Hall–Kier alpha value is -4.40. The number of aromatic nitrogens is 3. The van der Waals surface area contributed by atoms with Gasteiger partial charge in [-0.3, -0.25) is 9.78 Å². The Kier molecular flexibility index (Phi) is 5.46. The third-order valence-electron chi connectivity index (χ3n) is 4.84. The lowest BCUT2D eigenvalue weighted by molar-refractivity contribution is 0.0989. The zero-order chi connectivity index (χ0) is 22.8. The molecule has 3 heterocycles. The molecule has 4 aromatic rings. The standard InChI is InChI=1S/C23H18F2N6O/c24-15-2-1-3-16(25)22(15)18-5-4-17(26)23(30-18)19(32)8-13-11-29-7-6-14(13)12-9-20(27)31-21(28)10-12/h1-7,9-11H,8,26H2,(H4,27,28,31). The van der Waals surface area contributed by atoms with Crippen molar-refractivity contribution in [2.45, 2.75) is 6.42 Å². The summed E-state index contributed by atoms with van der Waals surface area (Å²) >= 11 is 0. The maximum atomic E-state index is 14.2. The number of carbonyl (C=O) groups excluding carboxylic acids is 1. The van der Waals surface area contributed by atoms with Crippen molar-refractivity contribution in [2.75, 3.05) is 17.2 Å². The SMILES string of the molecule is Nc1cc(-c2ccncc2CC(=O)c2nc(-c3c(F)cccc3F)ccc2N)cc(N)n1. The van der Waals surface area contributed by atoms with Gasteiger partial charge in [0.05, 0.1) is 16.9 Å². The second kappa shape index (κ2) is 8.38. The number of anilines is 3. The molecule has 0 radical (unpaired) electrons. The van der Waals surface area contributed by atoms with E-state index in [0.29, 0.717) is 16.7 Å². The van der Waals surface area contributed by atoms with E-state index in [1.165, 1.54) is 24.4 Å². The minimum absolute atomic E-state index is 0.0285. The Bertz CT molecular complexity index is 1300. The number of rotatable bonds is 5. The van der Waals surface area contributed by atoms with Crippen LogP contribution in [0.5, 0.6) is 0 Å². The summed E-state index contributed by atoms with van der Waals surface area (Å²) in [5.74, 6) is -1.55. The Labute approximate surface area is 182 Å². The topological polar surface area (TPSA) is 134 Å². The predicted octanol–water partition coefficient (Wildman–Crippen LogP) is 3.66. The van der Waals surface area contributed by atoms with E-state index < -0.39 is 17.4 Å². The Balaban J connectivity index is 1.72. The Morgan fingerprint density at radius 2 is 1.59 bits per heavy atom. The fourth-order valence-electron chi connectivity index (χ4n) is 3.41. The summed E-state index contributed by atoms with van der Waals surface area (Å²) in [5, 5.41) is 0. The van der Waals surface area contributed by atoms with Crippen LogP contribution < -0.4 is 17.2 Å². The summed E-state index contributed by atoms with van der Waals surface area (Å²) in [5.41, 5.74) is 19.1. The average molecular weight is 432 g/mol. The fourth-order valence-corrected chi connectivity index (χ4v) is 3.41. The molecule has 6 N–H and O–H groups in total. The van der Waals surface area contributed by atoms with Crippen LogP contribution in [-0.2, 0) is 6.42 Å². The van der Waals surface area contributed by atoms with E-state index in [2.05, 4.69) is 15.0 Å². The number of nitrogen functional groups attached to an aromatic ring is 3. The van der Waals surface area contributed by atoms with Crippen molar-refractivity contribution >= 4 is 23.1 Å². The van der Waals surface area contributed by atoms with Gasteiger partial charge in [0.25, 0.3) is 0 Å². The van der Waals surface area contributed by atoms with Crippen LogP contribution in [0.15, 0.2) is 60.9 Å². The van der Waals surface area contributed by atoms with Crippen LogP contribution in [-0.4, -0.2) is 20.7 Å². The summed E-state index contributed by atoms with van der Waals surface area (Å²) in [7, 11) is 0. The number of benzene rings is 1.